The zero-order valence-electron chi connectivity index (χ0n) is 14.0. The number of allylic oxidation sites excluding steroid dienone is 4. The molecule has 0 saturated carbocycles. The van der Waals surface area contributed by atoms with Crippen LogP contribution in [0.3, 0.4) is 0 Å². The lowest BCUT2D eigenvalue weighted by Crippen LogP contribution is -2.42. The first-order chi connectivity index (χ1) is 12.1. The molecular formula is C20H18N4O. The fourth-order valence-corrected chi connectivity index (χ4v) is 4.06. The van der Waals surface area contributed by atoms with Crippen molar-refractivity contribution in [3.63, 3.8) is 0 Å². The fourth-order valence-electron chi connectivity index (χ4n) is 4.06. The molecule has 0 aliphatic heterocycles. The first-order valence-corrected chi connectivity index (χ1v) is 8.20. The van der Waals surface area contributed by atoms with Gasteiger partial charge in [0.1, 0.15) is 11.8 Å². The van der Waals surface area contributed by atoms with Crippen LogP contribution in [-0.4, -0.2) is 7.11 Å². The highest BCUT2D eigenvalue weighted by atomic mass is 16.5. The van der Waals surface area contributed by atoms with Gasteiger partial charge in [0.15, 0.2) is 5.41 Å². The summed E-state index contributed by atoms with van der Waals surface area (Å²) in [7, 11) is 1.59. The quantitative estimate of drug-likeness (QED) is 0.895. The predicted molar refractivity (Wildman–Crippen MR) is 91.6 cm³/mol. The highest BCUT2D eigenvalue weighted by molar-refractivity contribution is 5.59. The summed E-state index contributed by atoms with van der Waals surface area (Å²) in [5.74, 6) is 0.236. The summed E-state index contributed by atoms with van der Waals surface area (Å²) in [5.41, 5.74) is 6.81. The Morgan fingerprint density at radius 2 is 1.84 bits per heavy atom. The maximum atomic E-state index is 9.91. The van der Waals surface area contributed by atoms with E-state index in [1.807, 2.05) is 30.3 Å². The summed E-state index contributed by atoms with van der Waals surface area (Å²) >= 11 is 0. The third kappa shape index (κ3) is 2.35. The zero-order chi connectivity index (χ0) is 18.0. The lowest BCUT2D eigenvalue weighted by Gasteiger charge is -2.43. The number of rotatable bonds is 2. The molecule has 2 aliphatic carbocycles. The van der Waals surface area contributed by atoms with Crippen molar-refractivity contribution in [2.24, 2.45) is 17.1 Å². The van der Waals surface area contributed by atoms with E-state index in [1.54, 1.807) is 7.11 Å². The van der Waals surface area contributed by atoms with Crippen molar-refractivity contribution in [3.8, 4) is 24.0 Å². The first-order valence-electron chi connectivity index (χ1n) is 8.20. The van der Waals surface area contributed by atoms with Gasteiger partial charge in [0.25, 0.3) is 0 Å². The highest BCUT2D eigenvalue weighted by Crippen LogP contribution is 2.55. The molecule has 5 heteroatoms. The second-order valence-electron chi connectivity index (χ2n) is 6.38. The lowest BCUT2D eigenvalue weighted by molar-refractivity contribution is 0.317. The van der Waals surface area contributed by atoms with Gasteiger partial charge >= 0.3 is 0 Å². The third-order valence-corrected chi connectivity index (χ3v) is 5.27. The van der Waals surface area contributed by atoms with Crippen LogP contribution in [0.4, 0.5) is 0 Å². The maximum Gasteiger partial charge on any atom is 0.191 e. The number of hydrogen-bond donors (Lipinski definition) is 1. The third-order valence-electron chi connectivity index (χ3n) is 5.27. The van der Waals surface area contributed by atoms with E-state index in [-0.39, 0.29) is 11.6 Å². The highest BCUT2D eigenvalue weighted by Gasteiger charge is 2.53. The largest absolute Gasteiger partial charge is 0.497 e. The van der Waals surface area contributed by atoms with Gasteiger partial charge in [-0.2, -0.15) is 15.8 Å². The number of fused-ring (bicyclic) bond motifs is 1. The first kappa shape index (κ1) is 16.6. The van der Waals surface area contributed by atoms with Gasteiger partial charge in [-0.3, -0.25) is 0 Å². The van der Waals surface area contributed by atoms with Gasteiger partial charge in [0, 0.05) is 5.92 Å². The van der Waals surface area contributed by atoms with Crippen molar-refractivity contribution in [2.45, 2.75) is 25.2 Å². The van der Waals surface area contributed by atoms with Crippen LogP contribution in [-0.2, 0) is 0 Å². The number of nitrogens with zero attached hydrogens (tertiary/aromatic N) is 3. The van der Waals surface area contributed by atoms with Gasteiger partial charge in [-0.1, -0.05) is 18.2 Å². The molecule has 25 heavy (non-hydrogen) atoms. The molecule has 0 amide bonds. The molecule has 0 aromatic heterocycles. The Morgan fingerprint density at radius 3 is 2.40 bits per heavy atom. The Bertz CT molecular complexity index is 860. The van der Waals surface area contributed by atoms with Gasteiger partial charge in [-0.15, -0.1) is 0 Å². The molecule has 124 valence electrons. The molecule has 0 fully saturated rings. The van der Waals surface area contributed by atoms with E-state index < -0.39 is 11.3 Å². The molecule has 0 radical (unpaired) electrons. The van der Waals surface area contributed by atoms with Crippen LogP contribution in [0.1, 0.15) is 30.7 Å². The number of methoxy groups -OCH3 is 1. The number of hydrogen-bond acceptors (Lipinski definition) is 5. The average Bonchev–Trinajstić information content (AvgIpc) is 2.67. The predicted octanol–water partition coefficient (Wildman–Crippen LogP) is 3.29. The Labute approximate surface area is 147 Å². The zero-order valence-corrected chi connectivity index (χ0v) is 14.0. The minimum atomic E-state index is -1.54. The standard InChI is InChI=1S/C20H18N4O/c1-25-14-8-6-13(7-9-14)18-16-5-3-2-4-15(16)17(10-21)19(24)20(18,11-22)12-23/h4,6-9,16,18H,2-3,5,24H2,1H3/t16-,18-/m0/s1. The minimum absolute atomic E-state index is 0.0663. The SMILES string of the molecule is COc1ccc([C@H]2[C@H]3CCCC=C3C(C#N)=C(N)C2(C#N)C#N)cc1. The lowest BCUT2D eigenvalue weighted by atomic mass is 9.57. The maximum absolute atomic E-state index is 9.91. The molecule has 2 N–H and O–H groups in total. The molecule has 2 aliphatic rings. The van der Waals surface area contributed by atoms with E-state index in [9.17, 15) is 15.8 Å². The molecule has 0 bridgehead atoms. The number of benzene rings is 1. The van der Waals surface area contributed by atoms with Crippen molar-refractivity contribution in [1.29, 1.82) is 15.8 Å². The minimum Gasteiger partial charge on any atom is -0.497 e. The number of nitrogens with two attached hydrogens (primary N) is 1. The van der Waals surface area contributed by atoms with Crippen LogP contribution in [0, 0.1) is 45.3 Å². The van der Waals surface area contributed by atoms with Crippen LogP contribution in [0.2, 0.25) is 0 Å². The van der Waals surface area contributed by atoms with E-state index in [0.29, 0.717) is 11.3 Å². The molecule has 5 nitrogen and oxygen atoms in total. The van der Waals surface area contributed by atoms with Gasteiger partial charge in [0.05, 0.1) is 30.5 Å². The smallest absolute Gasteiger partial charge is 0.191 e. The molecule has 0 unspecified atom stereocenters. The second-order valence-corrected chi connectivity index (χ2v) is 6.38. The van der Waals surface area contributed by atoms with Crippen LogP contribution in [0.15, 0.2) is 47.2 Å². The summed E-state index contributed by atoms with van der Waals surface area (Å²) in [5, 5.41) is 29.4. The van der Waals surface area contributed by atoms with Gasteiger partial charge in [0.2, 0.25) is 0 Å². The summed E-state index contributed by atoms with van der Waals surface area (Å²) in [6.45, 7) is 0. The normalized spacial score (nSPS) is 24.2. The van der Waals surface area contributed by atoms with Crippen LogP contribution >= 0.6 is 0 Å². The average molecular weight is 330 g/mol. The van der Waals surface area contributed by atoms with E-state index in [4.69, 9.17) is 10.5 Å². The Balaban J connectivity index is 2.27. The van der Waals surface area contributed by atoms with Crippen LogP contribution < -0.4 is 10.5 Å². The van der Waals surface area contributed by atoms with Gasteiger partial charge in [-0.25, -0.2) is 0 Å². The van der Waals surface area contributed by atoms with E-state index in [2.05, 4.69) is 18.2 Å². The van der Waals surface area contributed by atoms with Crippen molar-refractivity contribution < 1.29 is 4.74 Å². The molecule has 3 rings (SSSR count). The molecule has 1 aromatic rings. The van der Waals surface area contributed by atoms with Crippen molar-refractivity contribution >= 4 is 0 Å². The number of ether oxygens (including phenoxy) is 1. The van der Waals surface area contributed by atoms with E-state index in [1.165, 1.54) is 0 Å². The van der Waals surface area contributed by atoms with Crippen molar-refractivity contribution in [3.05, 3.63) is 52.7 Å². The van der Waals surface area contributed by atoms with E-state index >= 15 is 0 Å². The van der Waals surface area contributed by atoms with Gasteiger partial charge < -0.3 is 10.5 Å². The van der Waals surface area contributed by atoms with Crippen LogP contribution in [0.5, 0.6) is 5.75 Å². The molecule has 0 saturated heterocycles. The van der Waals surface area contributed by atoms with E-state index in [0.717, 1.165) is 30.4 Å². The molecule has 0 spiro atoms. The summed E-state index contributed by atoms with van der Waals surface area (Å²) < 4.78 is 5.20. The summed E-state index contributed by atoms with van der Waals surface area (Å²) in [6.07, 6.45) is 4.71. The monoisotopic (exact) mass is 330 g/mol. The van der Waals surface area contributed by atoms with Crippen molar-refractivity contribution in [2.75, 3.05) is 7.11 Å². The summed E-state index contributed by atoms with van der Waals surface area (Å²) in [4.78, 5) is 0. The molecule has 0 heterocycles. The molecular weight excluding hydrogens is 312 g/mol. The molecule has 2 atom stereocenters. The fraction of sp³-hybridized carbons (Fsp3) is 0.350. The van der Waals surface area contributed by atoms with Crippen LogP contribution in [0.25, 0.3) is 0 Å². The Hall–Kier alpha value is -3.23. The summed E-state index contributed by atoms with van der Waals surface area (Å²) in [6, 6.07) is 13.8. The molecule has 1 aromatic carbocycles. The Morgan fingerprint density at radius 1 is 1.16 bits per heavy atom. The number of nitriles is 3. The van der Waals surface area contributed by atoms with Crippen molar-refractivity contribution in [1.82, 2.24) is 0 Å². The Kier molecular flexibility index (Phi) is 4.22. The second kappa shape index (κ2) is 6.34. The van der Waals surface area contributed by atoms with Gasteiger partial charge in [-0.05, 0) is 48.4 Å². The topological polar surface area (TPSA) is 107 Å².